The fourth-order valence-electron chi connectivity index (χ4n) is 1.93. The summed E-state index contributed by atoms with van der Waals surface area (Å²) in [4.78, 5) is 4.38. The molecule has 0 unspecified atom stereocenters. The van der Waals surface area contributed by atoms with Crippen LogP contribution in [-0.4, -0.2) is 32.2 Å². The molecule has 0 spiro atoms. The lowest BCUT2D eigenvalue weighted by atomic mass is 10.1. The first-order chi connectivity index (χ1) is 8.88. The lowest BCUT2D eigenvalue weighted by Gasteiger charge is -2.16. The van der Waals surface area contributed by atoms with Crippen molar-refractivity contribution in [3.63, 3.8) is 0 Å². The van der Waals surface area contributed by atoms with E-state index in [0.717, 1.165) is 44.2 Å². The third-order valence-electron chi connectivity index (χ3n) is 2.81. The van der Waals surface area contributed by atoms with Gasteiger partial charge in [0.15, 0.2) is 5.96 Å². The van der Waals surface area contributed by atoms with E-state index in [1.165, 1.54) is 5.56 Å². The van der Waals surface area contributed by atoms with Crippen LogP contribution in [0.15, 0.2) is 29.3 Å². The van der Waals surface area contributed by atoms with Gasteiger partial charge in [0.05, 0.1) is 6.61 Å². The first-order valence-corrected chi connectivity index (χ1v) is 6.62. The Balaban J connectivity index is 1.78. The van der Waals surface area contributed by atoms with Crippen molar-refractivity contribution in [1.82, 2.24) is 10.6 Å². The van der Waals surface area contributed by atoms with E-state index < -0.39 is 0 Å². The summed E-state index contributed by atoms with van der Waals surface area (Å²) in [6, 6.07) is 8.26. The van der Waals surface area contributed by atoms with Gasteiger partial charge in [-0.05, 0) is 37.5 Å². The molecule has 0 atom stereocenters. The topological polar surface area (TPSA) is 45.6 Å². The third-order valence-corrected chi connectivity index (χ3v) is 2.81. The highest BCUT2D eigenvalue weighted by atomic mass is 16.5. The van der Waals surface area contributed by atoms with Gasteiger partial charge >= 0.3 is 0 Å². The first-order valence-electron chi connectivity index (χ1n) is 6.62. The summed E-state index contributed by atoms with van der Waals surface area (Å²) in [6.45, 7) is 5.55. The van der Waals surface area contributed by atoms with E-state index in [2.05, 4.69) is 27.8 Å². The smallest absolute Gasteiger partial charge is 0.191 e. The number of aliphatic imine (C=N–C) groups is 1. The van der Waals surface area contributed by atoms with Crippen molar-refractivity contribution in [1.29, 1.82) is 0 Å². The zero-order chi connectivity index (χ0) is 12.6. The molecule has 2 N–H and O–H groups in total. The largest absolute Gasteiger partial charge is 0.494 e. The molecule has 1 aliphatic rings. The molecule has 4 nitrogen and oxygen atoms in total. The van der Waals surface area contributed by atoms with Gasteiger partial charge in [0, 0.05) is 19.6 Å². The lowest BCUT2D eigenvalue weighted by molar-refractivity contribution is 0.340. The molecule has 0 amide bonds. The van der Waals surface area contributed by atoms with Gasteiger partial charge in [-0.1, -0.05) is 12.1 Å². The van der Waals surface area contributed by atoms with Gasteiger partial charge in [-0.25, -0.2) is 0 Å². The molecule has 0 fully saturated rings. The molecule has 0 saturated heterocycles. The summed E-state index contributed by atoms with van der Waals surface area (Å²) >= 11 is 0. The van der Waals surface area contributed by atoms with Crippen molar-refractivity contribution >= 4 is 5.96 Å². The third kappa shape index (κ3) is 3.95. The number of nitrogens with zero attached hydrogens (tertiary/aromatic N) is 1. The number of hydrogen-bond acceptors (Lipinski definition) is 4. The van der Waals surface area contributed by atoms with E-state index >= 15 is 0 Å². The Morgan fingerprint density at radius 2 is 2.39 bits per heavy atom. The Kier molecular flexibility index (Phi) is 4.88. The number of nitrogens with one attached hydrogen (secondary N) is 2. The Labute approximate surface area is 108 Å². The number of rotatable bonds is 5. The molecule has 1 aromatic carbocycles. The Morgan fingerprint density at radius 1 is 1.44 bits per heavy atom. The molecule has 2 rings (SSSR count). The van der Waals surface area contributed by atoms with Crippen molar-refractivity contribution in [2.45, 2.75) is 19.8 Å². The second-order valence-electron chi connectivity index (χ2n) is 4.27. The average molecular weight is 247 g/mol. The van der Waals surface area contributed by atoms with Crippen LogP contribution < -0.4 is 15.4 Å². The summed E-state index contributed by atoms with van der Waals surface area (Å²) in [6.07, 6.45) is 2.10. The van der Waals surface area contributed by atoms with Crippen LogP contribution in [0.25, 0.3) is 0 Å². The monoisotopic (exact) mass is 247 g/mol. The Hall–Kier alpha value is -1.71. The van der Waals surface area contributed by atoms with Gasteiger partial charge < -0.3 is 15.4 Å². The maximum absolute atomic E-state index is 5.49. The highest BCUT2D eigenvalue weighted by Gasteiger charge is 2.02. The fourth-order valence-corrected chi connectivity index (χ4v) is 1.93. The van der Waals surface area contributed by atoms with Gasteiger partial charge in [-0.15, -0.1) is 0 Å². The predicted octanol–water partition coefficient (Wildman–Crippen LogP) is 1.57. The molecule has 0 bridgehead atoms. The lowest BCUT2D eigenvalue weighted by Crippen LogP contribution is -2.41. The van der Waals surface area contributed by atoms with Crippen LogP contribution in [0, 0.1) is 0 Å². The molecular weight excluding hydrogens is 226 g/mol. The predicted molar refractivity (Wildman–Crippen MR) is 74.2 cm³/mol. The highest BCUT2D eigenvalue weighted by Crippen LogP contribution is 2.13. The van der Waals surface area contributed by atoms with Crippen LogP contribution in [0.4, 0.5) is 0 Å². The molecule has 1 aliphatic heterocycles. The molecule has 98 valence electrons. The second kappa shape index (κ2) is 6.89. The SMILES string of the molecule is CCOc1cccc(CCNC2=NCCCN2)c1. The van der Waals surface area contributed by atoms with Crippen LogP contribution in [0.2, 0.25) is 0 Å². The van der Waals surface area contributed by atoms with E-state index in [1.54, 1.807) is 0 Å². The normalized spacial score (nSPS) is 14.6. The average Bonchev–Trinajstić information content (AvgIpc) is 2.41. The highest BCUT2D eigenvalue weighted by molar-refractivity contribution is 5.80. The molecule has 0 radical (unpaired) electrons. The van der Waals surface area contributed by atoms with Crippen molar-refractivity contribution in [3.05, 3.63) is 29.8 Å². The first kappa shape index (κ1) is 12.7. The zero-order valence-electron chi connectivity index (χ0n) is 10.9. The van der Waals surface area contributed by atoms with Crippen LogP contribution >= 0.6 is 0 Å². The number of guanidine groups is 1. The van der Waals surface area contributed by atoms with Gasteiger partial charge in [-0.3, -0.25) is 4.99 Å². The Bertz CT molecular complexity index is 404. The summed E-state index contributed by atoms with van der Waals surface area (Å²) in [7, 11) is 0. The van der Waals surface area contributed by atoms with E-state index in [-0.39, 0.29) is 0 Å². The molecule has 0 aliphatic carbocycles. The van der Waals surface area contributed by atoms with Crippen LogP contribution in [0.3, 0.4) is 0 Å². The number of benzene rings is 1. The molecule has 1 heterocycles. The van der Waals surface area contributed by atoms with Gasteiger partial charge in [0.2, 0.25) is 0 Å². The second-order valence-corrected chi connectivity index (χ2v) is 4.27. The minimum Gasteiger partial charge on any atom is -0.494 e. The van der Waals surface area contributed by atoms with E-state index in [9.17, 15) is 0 Å². The minimum absolute atomic E-state index is 0.711. The molecule has 4 heteroatoms. The molecule has 18 heavy (non-hydrogen) atoms. The maximum Gasteiger partial charge on any atom is 0.191 e. The minimum atomic E-state index is 0.711. The Morgan fingerprint density at radius 3 is 3.17 bits per heavy atom. The quantitative estimate of drug-likeness (QED) is 0.830. The van der Waals surface area contributed by atoms with Crippen molar-refractivity contribution in [2.24, 2.45) is 4.99 Å². The molecule has 0 saturated carbocycles. The van der Waals surface area contributed by atoms with Crippen molar-refractivity contribution < 1.29 is 4.74 Å². The summed E-state index contributed by atoms with van der Waals surface area (Å²) < 4.78 is 5.49. The maximum atomic E-state index is 5.49. The van der Waals surface area contributed by atoms with Gasteiger partial charge in [-0.2, -0.15) is 0 Å². The molecule has 0 aromatic heterocycles. The van der Waals surface area contributed by atoms with Crippen molar-refractivity contribution in [2.75, 3.05) is 26.2 Å². The molecular formula is C14H21N3O. The molecule has 1 aromatic rings. The summed E-state index contributed by atoms with van der Waals surface area (Å²) in [5.41, 5.74) is 1.28. The van der Waals surface area contributed by atoms with Gasteiger partial charge in [0.25, 0.3) is 0 Å². The van der Waals surface area contributed by atoms with E-state index in [4.69, 9.17) is 4.74 Å². The van der Waals surface area contributed by atoms with Crippen LogP contribution in [-0.2, 0) is 6.42 Å². The fraction of sp³-hybridized carbons (Fsp3) is 0.500. The van der Waals surface area contributed by atoms with Crippen LogP contribution in [0.1, 0.15) is 18.9 Å². The zero-order valence-corrected chi connectivity index (χ0v) is 10.9. The number of ether oxygens (including phenoxy) is 1. The van der Waals surface area contributed by atoms with E-state index in [1.807, 2.05) is 19.1 Å². The standard InChI is InChI=1S/C14H21N3O/c1-2-18-13-6-3-5-12(11-13)7-10-17-14-15-8-4-9-16-14/h3,5-6,11H,2,4,7-10H2,1H3,(H2,15,16,17). The van der Waals surface area contributed by atoms with Crippen molar-refractivity contribution in [3.8, 4) is 5.75 Å². The van der Waals surface area contributed by atoms with Crippen LogP contribution in [0.5, 0.6) is 5.75 Å². The van der Waals surface area contributed by atoms with E-state index in [0.29, 0.717) is 6.61 Å². The number of hydrogen-bond donors (Lipinski definition) is 2. The van der Waals surface area contributed by atoms with Gasteiger partial charge in [0.1, 0.15) is 5.75 Å². The summed E-state index contributed by atoms with van der Waals surface area (Å²) in [5.74, 6) is 1.88. The summed E-state index contributed by atoms with van der Waals surface area (Å²) in [5, 5.41) is 6.57.